The summed E-state index contributed by atoms with van der Waals surface area (Å²) < 4.78 is 12.0. The van der Waals surface area contributed by atoms with Crippen molar-refractivity contribution in [2.45, 2.75) is 5.41 Å². The van der Waals surface area contributed by atoms with Gasteiger partial charge in [-0.25, -0.2) is 9.97 Å². The Labute approximate surface area is 701 Å². The van der Waals surface area contributed by atoms with Gasteiger partial charge < -0.3 is 18.3 Å². The first-order valence-corrected chi connectivity index (χ1v) is 42.0. The van der Waals surface area contributed by atoms with E-state index >= 15 is 0 Å². The SMILES string of the molecule is c1ccc(-c2nc(-n3c4ccc(-c5ccc6c(c5)c5ccccc5n6-c5ccccc5)cc4c4cc(-c5ccc6c(c5)c5ccccc5n6-c5ccccc5)ccc43)nc3c2ccc2cc(-n4c5ccccc5c5cc(-c6ccc7c(c6)c6ccccc6n7-c6ccc7c(c6)C(c6ccccc6)(c6ccccc6)c6ccccc6-7)ccc54)ccc23)cc1. The highest BCUT2D eigenvalue weighted by atomic mass is 15.2. The van der Waals surface area contributed by atoms with Crippen LogP contribution in [-0.2, 0) is 5.41 Å². The zero-order valence-electron chi connectivity index (χ0n) is 66.1. The number of para-hydroxylation sites is 6. The van der Waals surface area contributed by atoms with E-state index in [9.17, 15) is 0 Å². The van der Waals surface area contributed by atoms with E-state index < -0.39 is 5.41 Å². The average molecular weight is 1550 g/mol. The lowest BCUT2D eigenvalue weighted by Crippen LogP contribution is -2.28. The van der Waals surface area contributed by atoms with Crippen molar-refractivity contribution in [1.82, 2.24) is 32.8 Å². The molecule has 0 saturated heterocycles. The van der Waals surface area contributed by atoms with Gasteiger partial charge in [0.1, 0.15) is 0 Å². The molecule has 0 amide bonds. The zero-order chi connectivity index (χ0) is 79.8. The van der Waals surface area contributed by atoms with Gasteiger partial charge in [0, 0.05) is 92.9 Å². The lowest BCUT2D eigenvalue weighted by Gasteiger charge is -2.34. The fraction of sp³-hybridized carbons (Fsp3) is 0.00870. The summed E-state index contributed by atoms with van der Waals surface area (Å²) >= 11 is 0. The first-order chi connectivity index (χ1) is 60.5. The fourth-order valence-electron chi connectivity index (χ4n) is 21.0. The molecule has 7 heteroatoms. The molecule has 1 aliphatic rings. The second-order valence-electron chi connectivity index (χ2n) is 32.7. The highest BCUT2D eigenvalue weighted by Gasteiger charge is 2.46. The fourth-order valence-corrected chi connectivity index (χ4v) is 21.0. The molecule has 0 unspecified atom stereocenters. The van der Waals surface area contributed by atoms with E-state index in [-0.39, 0.29) is 0 Å². The summed E-state index contributed by atoms with van der Waals surface area (Å²) in [6.07, 6.45) is 0. The van der Waals surface area contributed by atoms with Gasteiger partial charge in [-0.15, -0.1) is 0 Å². The normalized spacial score (nSPS) is 12.7. The van der Waals surface area contributed by atoms with Crippen molar-refractivity contribution in [2.24, 2.45) is 0 Å². The number of rotatable bonds is 11. The van der Waals surface area contributed by atoms with Crippen LogP contribution >= 0.6 is 0 Å². The van der Waals surface area contributed by atoms with E-state index in [1.165, 1.54) is 104 Å². The maximum atomic E-state index is 5.84. The standard InChI is InChI=1S/C115H71N7/c1-6-26-72(27-7-1)112-93-55-46-79-64-84(120-104-44-24-19-39-91(104)96-67-73(49-60-108(96)120)74-50-61-109-97(68-74)92-40-20-25-45-105(92)121(109)85-54-57-88-87-36-16-21-41-100(87)115(101(88)71-85,80-28-8-2-9-29-80)81-30-10-3-11-31-81)53-56-86(79)113(93)117-114(116-112)122-110-62-51-77(75-47-58-106-94(65-75)89-37-17-22-42-102(89)118(106)82-32-12-4-13-33-82)69-98(110)99-70-78(52-63-111(99)122)76-48-59-107-95(66-76)90-38-18-23-43-103(90)119(107)83-34-14-5-15-35-83/h1-71H. The summed E-state index contributed by atoms with van der Waals surface area (Å²) in [6.45, 7) is 0. The van der Waals surface area contributed by atoms with Gasteiger partial charge in [0.15, 0.2) is 0 Å². The molecular weight excluding hydrogens is 1480 g/mol. The molecule has 6 heterocycles. The molecule has 0 saturated carbocycles. The average Bonchev–Trinajstić information content (AvgIpc) is 1.53. The molecular formula is C115H71N7. The molecule has 0 aliphatic heterocycles. The first-order valence-electron chi connectivity index (χ1n) is 42.0. The lowest BCUT2D eigenvalue weighted by atomic mass is 9.67. The minimum Gasteiger partial charge on any atom is -0.309 e. The minimum absolute atomic E-state index is 0.520. The van der Waals surface area contributed by atoms with Gasteiger partial charge >= 0.3 is 0 Å². The summed E-state index contributed by atoms with van der Waals surface area (Å²) in [5.41, 5.74) is 32.5. The molecule has 1 aliphatic carbocycles. The van der Waals surface area contributed by atoms with E-state index in [4.69, 9.17) is 9.97 Å². The molecule has 6 aromatic heterocycles. The molecule has 0 N–H and O–H groups in total. The Kier molecular flexibility index (Phi) is 14.7. The van der Waals surface area contributed by atoms with Crippen molar-refractivity contribution in [1.29, 1.82) is 0 Å². The second kappa shape index (κ2) is 26.4. The zero-order valence-corrected chi connectivity index (χ0v) is 66.1. The van der Waals surface area contributed by atoms with Gasteiger partial charge in [0.25, 0.3) is 0 Å². The largest absolute Gasteiger partial charge is 0.309 e. The van der Waals surface area contributed by atoms with E-state index in [2.05, 4.69) is 454 Å². The molecule has 26 rings (SSSR count). The van der Waals surface area contributed by atoms with Crippen LogP contribution < -0.4 is 0 Å². The van der Waals surface area contributed by atoms with Crippen molar-refractivity contribution in [3.63, 3.8) is 0 Å². The van der Waals surface area contributed by atoms with Crippen LogP contribution in [0.4, 0.5) is 0 Å². The summed E-state index contributed by atoms with van der Waals surface area (Å²) in [6, 6.07) is 159. The van der Waals surface area contributed by atoms with Gasteiger partial charge in [-0.05, 0) is 224 Å². The molecule has 0 fully saturated rings. The maximum Gasteiger partial charge on any atom is 0.235 e. The van der Waals surface area contributed by atoms with Gasteiger partial charge in [0.05, 0.1) is 71.8 Å². The first kappa shape index (κ1) is 67.9. The minimum atomic E-state index is -0.520. The van der Waals surface area contributed by atoms with Crippen LogP contribution in [0.1, 0.15) is 22.3 Å². The van der Waals surface area contributed by atoms with Crippen LogP contribution in [0.5, 0.6) is 0 Å². The summed E-state index contributed by atoms with van der Waals surface area (Å²) in [5.74, 6) is 0.599. The Hall–Kier alpha value is -16.2. The van der Waals surface area contributed by atoms with Crippen LogP contribution in [0.15, 0.2) is 431 Å². The third kappa shape index (κ3) is 9.96. The van der Waals surface area contributed by atoms with Crippen molar-refractivity contribution in [2.75, 3.05) is 0 Å². The number of fused-ring (bicyclic) bond motifs is 21. The molecule has 7 nitrogen and oxygen atoms in total. The van der Waals surface area contributed by atoms with Crippen LogP contribution in [0, 0.1) is 0 Å². The number of nitrogens with zero attached hydrogens (tertiary/aromatic N) is 7. The molecule has 19 aromatic carbocycles. The monoisotopic (exact) mass is 1550 g/mol. The molecule has 122 heavy (non-hydrogen) atoms. The molecule has 25 aromatic rings. The summed E-state index contributed by atoms with van der Waals surface area (Å²) in [7, 11) is 0. The van der Waals surface area contributed by atoms with Crippen molar-refractivity contribution >= 4 is 131 Å². The Balaban J connectivity index is 0.611. The highest BCUT2D eigenvalue weighted by molar-refractivity contribution is 6.18. The number of aromatic nitrogens is 7. The molecule has 0 bridgehead atoms. The van der Waals surface area contributed by atoms with Crippen molar-refractivity contribution < 1.29 is 0 Å². The predicted molar refractivity (Wildman–Crippen MR) is 508 cm³/mol. The number of benzene rings is 19. The molecule has 0 atom stereocenters. The topological polar surface area (TPSA) is 50.4 Å². The smallest absolute Gasteiger partial charge is 0.235 e. The van der Waals surface area contributed by atoms with E-state index in [1.807, 2.05) is 0 Å². The third-order valence-corrected chi connectivity index (χ3v) is 26.3. The summed E-state index contributed by atoms with van der Waals surface area (Å²) in [4.78, 5) is 11.6. The predicted octanol–water partition coefficient (Wildman–Crippen LogP) is 29.3. The van der Waals surface area contributed by atoms with Gasteiger partial charge in [0.2, 0.25) is 5.95 Å². The maximum absolute atomic E-state index is 5.84. The third-order valence-electron chi connectivity index (χ3n) is 26.3. The van der Waals surface area contributed by atoms with Crippen molar-refractivity contribution in [3.8, 4) is 84.5 Å². The Morgan fingerprint density at radius 2 is 0.508 bits per heavy atom. The molecule has 0 spiro atoms. The quantitative estimate of drug-likeness (QED) is 0.121. The second-order valence-corrected chi connectivity index (χ2v) is 32.7. The van der Waals surface area contributed by atoms with Crippen molar-refractivity contribution in [3.05, 3.63) is 453 Å². The van der Waals surface area contributed by atoms with Crippen LogP contribution in [0.25, 0.3) is 215 Å². The van der Waals surface area contributed by atoms with Crippen LogP contribution in [0.2, 0.25) is 0 Å². The van der Waals surface area contributed by atoms with Gasteiger partial charge in [-0.2, -0.15) is 0 Å². The van der Waals surface area contributed by atoms with Crippen LogP contribution in [-0.4, -0.2) is 32.8 Å². The van der Waals surface area contributed by atoms with E-state index in [0.717, 1.165) is 127 Å². The number of hydrogen-bond donors (Lipinski definition) is 0. The van der Waals surface area contributed by atoms with Gasteiger partial charge in [-0.1, -0.05) is 279 Å². The van der Waals surface area contributed by atoms with Gasteiger partial charge in [-0.3, -0.25) is 4.57 Å². The summed E-state index contributed by atoms with van der Waals surface area (Å²) in [5, 5.41) is 15.0. The van der Waals surface area contributed by atoms with E-state index in [1.54, 1.807) is 0 Å². The highest BCUT2D eigenvalue weighted by Crippen LogP contribution is 2.57. The Bertz CT molecular complexity index is 8430. The Morgan fingerprint density at radius 3 is 0.951 bits per heavy atom. The lowest BCUT2D eigenvalue weighted by molar-refractivity contribution is 0.767. The number of hydrogen-bond acceptors (Lipinski definition) is 2. The molecule has 566 valence electrons. The Morgan fingerprint density at radius 1 is 0.180 bits per heavy atom. The molecule has 0 radical (unpaired) electrons. The van der Waals surface area contributed by atoms with E-state index in [0.29, 0.717) is 5.95 Å². The van der Waals surface area contributed by atoms with Crippen LogP contribution in [0.3, 0.4) is 0 Å².